The Morgan fingerprint density at radius 2 is 1.22 bits per heavy atom. The van der Waals surface area contributed by atoms with Crippen molar-refractivity contribution in [3.63, 3.8) is 0 Å². The van der Waals surface area contributed by atoms with E-state index in [1.165, 1.54) is 70.6 Å². The number of ether oxygens (including phenoxy) is 1. The Morgan fingerprint density at radius 3 is 1.78 bits per heavy atom. The van der Waals surface area contributed by atoms with E-state index in [0.717, 1.165) is 65.1 Å². The predicted octanol–water partition coefficient (Wildman–Crippen LogP) is 4.70. The standard InChI is InChI=1S/C25H53N3O3S/c1-2-3-4-5-6-7-8-9-10-11-12-13-14-15-25-32(29,30)27-19-18-26-17-16-20-28-21-23-31-24-22-28/h26-27H,2-25H2,1H3. The SMILES string of the molecule is CCCCCCCCCCCCCCCCS(=O)(=O)NCCNCCCN1CCOCC1. The molecule has 0 unspecified atom stereocenters. The van der Waals surface area contributed by atoms with E-state index in [0.29, 0.717) is 13.1 Å². The smallest absolute Gasteiger partial charge is 0.211 e. The van der Waals surface area contributed by atoms with Crippen LogP contribution in [0, 0.1) is 0 Å². The summed E-state index contributed by atoms with van der Waals surface area (Å²) in [6.07, 6.45) is 19.1. The van der Waals surface area contributed by atoms with Gasteiger partial charge in [0.25, 0.3) is 0 Å². The summed E-state index contributed by atoms with van der Waals surface area (Å²) in [5, 5.41) is 3.33. The van der Waals surface area contributed by atoms with Crippen LogP contribution < -0.4 is 10.0 Å². The van der Waals surface area contributed by atoms with Gasteiger partial charge in [-0.25, -0.2) is 13.1 Å². The van der Waals surface area contributed by atoms with Gasteiger partial charge in [-0.1, -0.05) is 90.4 Å². The van der Waals surface area contributed by atoms with E-state index >= 15 is 0 Å². The lowest BCUT2D eigenvalue weighted by Crippen LogP contribution is -2.38. The molecule has 0 bridgehead atoms. The highest BCUT2D eigenvalue weighted by atomic mass is 32.2. The number of hydrogen-bond acceptors (Lipinski definition) is 5. The first kappa shape index (κ1) is 29.8. The molecule has 0 aromatic rings. The summed E-state index contributed by atoms with van der Waals surface area (Å²) in [6.45, 7) is 9.20. The molecule has 0 amide bonds. The molecule has 0 atom stereocenters. The number of rotatable bonds is 23. The second-order valence-electron chi connectivity index (χ2n) is 9.37. The zero-order valence-electron chi connectivity index (χ0n) is 21.1. The highest BCUT2D eigenvalue weighted by Crippen LogP contribution is 2.13. The quantitative estimate of drug-likeness (QED) is 0.210. The third-order valence-corrected chi connectivity index (χ3v) is 7.79. The van der Waals surface area contributed by atoms with Gasteiger partial charge in [0.1, 0.15) is 0 Å². The van der Waals surface area contributed by atoms with Crippen LogP contribution in [0.25, 0.3) is 0 Å². The topological polar surface area (TPSA) is 70.7 Å². The fraction of sp³-hybridized carbons (Fsp3) is 1.00. The summed E-state index contributed by atoms with van der Waals surface area (Å²) < 4.78 is 32.3. The van der Waals surface area contributed by atoms with Crippen molar-refractivity contribution in [2.24, 2.45) is 0 Å². The van der Waals surface area contributed by atoms with Crippen molar-refractivity contribution in [3.8, 4) is 0 Å². The van der Waals surface area contributed by atoms with Gasteiger partial charge in [-0.2, -0.15) is 0 Å². The van der Waals surface area contributed by atoms with E-state index in [2.05, 4.69) is 21.9 Å². The van der Waals surface area contributed by atoms with Gasteiger partial charge in [0.05, 0.1) is 19.0 Å². The molecule has 32 heavy (non-hydrogen) atoms. The van der Waals surface area contributed by atoms with Crippen LogP contribution in [0.15, 0.2) is 0 Å². The van der Waals surface area contributed by atoms with E-state index in [4.69, 9.17) is 4.74 Å². The van der Waals surface area contributed by atoms with Gasteiger partial charge in [-0.05, 0) is 25.9 Å². The van der Waals surface area contributed by atoms with E-state index in [9.17, 15) is 8.42 Å². The van der Waals surface area contributed by atoms with E-state index in [1.54, 1.807) is 0 Å². The number of sulfonamides is 1. The van der Waals surface area contributed by atoms with Gasteiger partial charge in [0.15, 0.2) is 0 Å². The molecule has 0 radical (unpaired) electrons. The maximum absolute atomic E-state index is 12.1. The number of hydrogen-bond donors (Lipinski definition) is 2. The normalized spacial score (nSPS) is 15.4. The molecule has 0 aliphatic carbocycles. The monoisotopic (exact) mass is 475 g/mol. The molecule has 6 nitrogen and oxygen atoms in total. The molecule has 1 saturated heterocycles. The molecule has 0 spiro atoms. The van der Waals surface area contributed by atoms with Crippen molar-refractivity contribution in [1.82, 2.24) is 14.9 Å². The fourth-order valence-corrected chi connectivity index (χ4v) is 5.37. The zero-order valence-corrected chi connectivity index (χ0v) is 21.9. The van der Waals surface area contributed by atoms with Gasteiger partial charge >= 0.3 is 0 Å². The summed E-state index contributed by atoms with van der Waals surface area (Å²) in [6, 6.07) is 0. The minimum atomic E-state index is -3.12. The fourth-order valence-electron chi connectivity index (χ4n) is 4.23. The van der Waals surface area contributed by atoms with Crippen molar-refractivity contribution in [3.05, 3.63) is 0 Å². The van der Waals surface area contributed by atoms with Crippen LogP contribution >= 0.6 is 0 Å². The largest absolute Gasteiger partial charge is 0.379 e. The van der Waals surface area contributed by atoms with Crippen LogP contribution in [0.1, 0.15) is 103 Å². The Balaban J connectivity index is 1.80. The summed E-state index contributed by atoms with van der Waals surface area (Å²) in [5.74, 6) is 0.266. The lowest BCUT2D eigenvalue weighted by molar-refractivity contribution is 0.0375. The second-order valence-corrected chi connectivity index (χ2v) is 11.3. The summed E-state index contributed by atoms with van der Waals surface area (Å²) in [7, 11) is -3.12. The molecule has 192 valence electrons. The van der Waals surface area contributed by atoms with E-state index in [1.807, 2.05) is 0 Å². The first-order valence-electron chi connectivity index (χ1n) is 13.6. The number of nitrogens with zero attached hydrogens (tertiary/aromatic N) is 1. The predicted molar refractivity (Wildman–Crippen MR) is 137 cm³/mol. The Labute approximate surface area is 199 Å². The summed E-state index contributed by atoms with van der Waals surface area (Å²) in [5.41, 5.74) is 0. The number of nitrogens with one attached hydrogen (secondary N) is 2. The maximum Gasteiger partial charge on any atom is 0.211 e. The third kappa shape index (κ3) is 19.3. The molecular formula is C25H53N3O3S. The average molecular weight is 476 g/mol. The highest BCUT2D eigenvalue weighted by molar-refractivity contribution is 7.89. The molecule has 1 heterocycles. The molecular weight excluding hydrogens is 422 g/mol. The molecule has 1 rings (SSSR count). The minimum Gasteiger partial charge on any atom is -0.379 e. The van der Waals surface area contributed by atoms with Gasteiger partial charge in [-0.3, -0.25) is 4.90 Å². The van der Waals surface area contributed by atoms with Gasteiger partial charge in [-0.15, -0.1) is 0 Å². The van der Waals surface area contributed by atoms with Crippen molar-refractivity contribution >= 4 is 10.0 Å². The average Bonchev–Trinajstić information content (AvgIpc) is 2.79. The summed E-state index contributed by atoms with van der Waals surface area (Å²) in [4.78, 5) is 2.42. The van der Waals surface area contributed by atoms with Crippen molar-refractivity contribution in [2.45, 2.75) is 103 Å². The van der Waals surface area contributed by atoms with Crippen LogP contribution in [-0.4, -0.2) is 71.6 Å². The van der Waals surface area contributed by atoms with E-state index in [-0.39, 0.29) is 5.75 Å². The molecule has 0 aromatic heterocycles. The highest BCUT2D eigenvalue weighted by Gasteiger charge is 2.10. The number of unbranched alkanes of at least 4 members (excludes halogenated alkanes) is 13. The molecule has 7 heteroatoms. The van der Waals surface area contributed by atoms with Crippen LogP contribution in [-0.2, 0) is 14.8 Å². The van der Waals surface area contributed by atoms with E-state index < -0.39 is 10.0 Å². The molecule has 1 aliphatic rings. The Bertz CT molecular complexity index is 497. The molecule has 1 fully saturated rings. The minimum absolute atomic E-state index is 0.266. The molecule has 0 saturated carbocycles. The number of morpholine rings is 1. The lowest BCUT2D eigenvalue weighted by Gasteiger charge is -2.26. The lowest BCUT2D eigenvalue weighted by atomic mass is 10.0. The Kier molecular flexibility index (Phi) is 19.9. The Hall–Kier alpha value is -0.210. The van der Waals surface area contributed by atoms with Crippen LogP contribution in [0.5, 0.6) is 0 Å². The van der Waals surface area contributed by atoms with Crippen molar-refractivity contribution in [2.75, 3.05) is 58.2 Å². The van der Waals surface area contributed by atoms with Crippen LogP contribution in [0.2, 0.25) is 0 Å². The molecule has 1 aliphatic heterocycles. The van der Waals surface area contributed by atoms with Gasteiger partial charge < -0.3 is 10.1 Å². The van der Waals surface area contributed by atoms with Gasteiger partial charge in [0.2, 0.25) is 10.0 Å². The second kappa shape index (κ2) is 21.3. The van der Waals surface area contributed by atoms with Crippen LogP contribution in [0.4, 0.5) is 0 Å². The van der Waals surface area contributed by atoms with Crippen LogP contribution in [0.3, 0.4) is 0 Å². The van der Waals surface area contributed by atoms with Crippen molar-refractivity contribution < 1.29 is 13.2 Å². The molecule has 0 aromatic carbocycles. The van der Waals surface area contributed by atoms with Crippen molar-refractivity contribution in [1.29, 1.82) is 0 Å². The molecule has 2 N–H and O–H groups in total. The first-order chi connectivity index (χ1) is 15.6. The van der Waals surface area contributed by atoms with Gasteiger partial charge in [0, 0.05) is 26.2 Å². The zero-order chi connectivity index (χ0) is 23.2. The first-order valence-corrected chi connectivity index (χ1v) is 15.3. The Morgan fingerprint density at radius 1 is 0.688 bits per heavy atom. The summed E-state index contributed by atoms with van der Waals surface area (Å²) >= 11 is 0. The third-order valence-electron chi connectivity index (χ3n) is 6.32. The maximum atomic E-state index is 12.1.